The Balaban J connectivity index is 1.12. The van der Waals surface area contributed by atoms with Crippen molar-refractivity contribution in [3.05, 3.63) is 194 Å². The van der Waals surface area contributed by atoms with Crippen LogP contribution in [0.15, 0.2) is 194 Å². The summed E-state index contributed by atoms with van der Waals surface area (Å²) in [6, 6.07) is 69.2. The lowest BCUT2D eigenvalue weighted by atomic mass is 10.1. The fourth-order valence-electron chi connectivity index (χ4n) is 8.82. The molecule has 0 fully saturated rings. The van der Waals surface area contributed by atoms with E-state index in [0.717, 1.165) is 33.8 Å². The Bertz CT molecular complexity index is 3450. The highest BCUT2D eigenvalue weighted by Gasteiger charge is 2.22. The van der Waals surface area contributed by atoms with Gasteiger partial charge in [0.05, 0.1) is 33.5 Å². The lowest BCUT2D eigenvalue weighted by Crippen LogP contribution is -1.98. The number of nitrogens with zero attached hydrogens (tertiary/aromatic N) is 4. The number of rotatable bonds is 5. The molecule has 0 spiro atoms. The van der Waals surface area contributed by atoms with Crippen LogP contribution in [0, 0.1) is 0 Å². The Morgan fingerprint density at radius 2 is 0.947 bits per heavy atom. The van der Waals surface area contributed by atoms with E-state index in [1.54, 1.807) is 0 Å². The summed E-state index contributed by atoms with van der Waals surface area (Å²) in [5, 5.41) is 7.59. The monoisotopic (exact) mass is 744 g/mol. The van der Waals surface area contributed by atoms with Gasteiger partial charge in [0.25, 0.3) is 0 Å². The van der Waals surface area contributed by atoms with Gasteiger partial charge in [-0.05, 0) is 54.6 Å². The molecule has 4 aromatic heterocycles. The molecule has 0 bridgehead atoms. The summed E-state index contributed by atoms with van der Waals surface area (Å²) in [7, 11) is 0. The fraction of sp³-hybridized carbons (Fsp3) is 0. The molecule has 57 heavy (non-hydrogen) atoms. The fourth-order valence-corrected chi connectivity index (χ4v) is 10.1. The molecule has 0 saturated carbocycles. The van der Waals surface area contributed by atoms with Crippen LogP contribution in [-0.2, 0) is 0 Å². The van der Waals surface area contributed by atoms with Crippen LogP contribution < -0.4 is 0 Å². The van der Waals surface area contributed by atoms with Crippen molar-refractivity contribution < 1.29 is 0 Å². The molecule has 12 aromatic rings. The van der Waals surface area contributed by atoms with E-state index in [1.165, 1.54) is 69.5 Å². The zero-order valence-corrected chi connectivity index (χ0v) is 31.5. The van der Waals surface area contributed by atoms with Crippen molar-refractivity contribution in [2.75, 3.05) is 0 Å². The van der Waals surface area contributed by atoms with Crippen molar-refractivity contribution in [3.63, 3.8) is 0 Å². The van der Waals surface area contributed by atoms with Crippen molar-refractivity contribution in [3.8, 4) is 45.3 Å². The molecule has 0 amide bonds. The Kier molecular flexibility index (Phi) is 7.06. The second-order valence-corrected chi connectivity index (χ2v) is 15.6. The molecule has 4 nitrogen and oxygen atoms in total. The van der Waals surface area contributed by atoms with Crippen LogP contribution in [0.4, 0.5) is 0 Å². The maximum absolute atomic E-state index is 5.19. The number of benzene rings is 8. The Hall–Kier alpha value is -7.34. The minimum Gasteiger partial charge on any atom is -0.309 e. The average Bonchev–Trinajstić information content (AvgIpc) is 3.95. The lowest BCUT2D eigenvalue weighted by molar-refractivity contribution is 1.16. The van der Waals surface area contributed by atoms with Crippen molar-refractivity contribution in [1.29, 1.82) is 0 Å². The van der Waals surface area contributed by atoms with Gasteiger partial charge in [0.2, 0.25) is 0 Å². The molecule has 266 valence electrons. The summed E-state index contributed by atoms with van der Waals surface area (Å²) in [6.45, 7) is 0. The molecule has 0 aliphatic rings. The van der Waals surface area contributed by atoms with Crippen LogP contribution in [0.5, 0.6) is 0 Å². The Morgan fingerprint density at radius 1 is 0.368 bits per heavy atom. The first kappa shape index (κ1) is 32.0. The van der Waals surface area contributed by atoms with Crippen molar-refractivity contribution in [2.24, 2.45) is 0 Å². The normalized spacial score (nSPS) is 11.9. The number of thiophene rings is 1. The van der Waals surface area contributed by atoms with Gasteiger partial charge in [-0.2, -0.15) is 0 Å². The van der Waals surface area contributed by atoms with E-state index in [0.29, 0.717) is 5.82 Å². The number of fused-ring (bicyclic) bond motifs is 11. The minimum absolute atomic E-state index is 0.696. The quantitative estimate of drug-likeness (QED) is 0.176. The molecule has 12 rings (SSSR count). The SMILES string of the molecule is c1ccc(-c2cc(-c3ccccc3)nc(-c3cccc(-n4c5ccccc5c5ccc6sc7c(ccc8c7c7ccccc7n8-c7ccccc7)c6c54)c3)n2)cc1. The van der Waals surface area contributed by atoms with Crippen LogP contribution in [0.3, 0.4) is 0 Å². The second-order valence-electron chi connectivity index (χ2n) is 14.6. The summed E-state index contributed by atoms with van der Waals surface area (Å²) in [5.41, 5.74) is 11.9. The maximum Gasteiger partial charge on any atom is 0.160 e. The zero-order valence-electron chi connectivity index (χ0n) is 30.7. The van der Waals surface area contributed by atoms with Crippen LogP contribution in [0.2, 0.25) is 0 Å². The topological polar surface area (TPSA) is 35.6 Å². The Morgan fingerprint density at radius 3 is 1.67 bits per heavy atom. The van der Waals surface area contributed by atoms with E-state index in [2.05, 4.69) is 191 Å². The molecule has 8 aromatic carbocycles. The van der Waals surface area contributed by atoms with Gasteiger partial charge >= 0.3 is 0 Å². The molecule has 0 atom stereocenters. The molecular weight excluding hydrogens is 713 g/mol. The first-order chi connectivity index (χ1) is 28.3. The molecule has 0 aliphatic carbocycles. The van der Waals surface area contributed by atoms with Gasteiger partial charge in [0.1, 0.15) is 0 Å². The highest BCUT2D eigenvalue weighted by Crippen LogP contribution is 2.47. The van der Waals surface area contributed by atoms with E-state index in [-0.39, 0.29) is 0 Å². The molecule has 0 radical (unpaired) electrons. The molecule has 4 heterocycles. The van der Waals surface area contributed by atoms with Gasteiger partial charge in [-0.15, -0.1) is 11.3 Å². The summed E-state index contributed by atoms with van der Waals surface area (Å²) in [6.07, 6.45) is 0. The maximum atomic E-state index is 5.19. The number of aromatic nitrogens is 4. The van der Waals surface area contributed by atoms with Gasteiger partial charge in [-0.3, -0.25) is 0 Å². The first-order valence-corrected chi connectivity index (χ1v) is 20.1. The number of hydrogen-bond donors (Lipinski definition) is 0. The number of hydrogen-bond acceptors (Lipinski definition) is 3. The molecule has 0 N–H and O–H groups in total. The molecule has 5 heteroatoms. The van der Waals surface area contributed by atoms with E-state index < -0.39 is 0 Å². The molecular formula is C52H32N4S. The summed E-state index contributed by atoms with van der Waals surface area (Å²) < 4.78 is 7.45. The third-order valence-corrected chi connectivity index (χ3v) is 12.5. The van der Waals surface area contributed by atoms with E-state index in [4.69, 9.17) is 9.97 Å². The smallest absolute Gasteiger partial charge is 0.160 e. The largest absolute Gasteiger partial charge is 0.309 e. The highest BCUT2D eigenvalue weighted by atomic mass is 32.1. The second kappa shape index (κ2) is 12.6. The predicted octanol–water partition coefficient (Wildman–Crippen LogP) is 14.0. The average molecular weight is 745 g/mol. The van der Waals surface area contributed by atoms with Crippen LogP contribution in [0.25, 0.3) is 109 Å². The van der Waals surface area contributed by atoms with Crippen LogP contribution in [0.1, 0.15) is 0 Å². The van der Waals surface area contributed by atoms with Crippen molar-refractivity contribution >= 4 is 75.1 Å². The number of para-hydroxylation sites is 3. The van der Waals surface area contributed by atoms with E-state index in [9.17, 15) is 0 Å². The molecule has 0 saturated heterocycles. The molecule has 0 unspecified atom stereocenters. The van der Waals surface area contributed by atoms with Gasteiger partial charge in [0, 0.05) is 69.8 Å². The van der Waals surface area contributed by atoms with Crippen LogP contribution >= 0.6 is 11.3 Å². The van der Waals surface area contributed by atoms with Gasteiger partial charge in [-0.1, -0.05) is 140 Å². The van der Waals surface area contributed by atoms with Crippen molar-refractivity contribution in [2.45, 2.75) is 0 Å². The highest BCUT2D eigenvalue weighted by molar-refractivity contribution is 7.27. The zero-order chi connectivity index (χ0) is 37.5. The molecule has 0 aliphatic heterocycles. The third kappa shape index (κ3) is 4.93. The third-order valence-electron chi connectivity index (χ3n) is 11.3. The van der Waals surface area contributed by atoms with Crippen LogP contribution in [-0.4, -0.2) is 19.1 Å². The predicted molar refractivity (Wildman–Crippen MR) is 240 cm³/mol. The standard InChI is InChI=1S/C52H32N4S/c1-4-15-33(16-5-1)42-32-43(34-17-6-2-7-18-34)54-52(53-42)35-19-14-22-37(31-35)56-44-25-12-10-23-38(44)39-28-30-47-49(50(39)56)41-27-29-46-48(51(41)57-47)40-24-11-13-26-45(40)55(46)36-20-8-3-9-21-36/h1-32H. The van der Waals surface area contributed by atoms with Gasteiger partial charge in [-0.25, -0.2) is 9.97 Å². The minimum atomic E-state index is 0.696. The van der Waals surface area contributed by atoms with Gasteiger partial charge < -0.3 is 9.13 Å². The lowest BCUT2D eigenvalue weighted by Gasteiger charge is -2.12. The summed E-state index contributed by atoms with van der Waals surface area (Å²) in [5.74, 6) is 0.696. The van der Waals surface area contributed by atoms with E-state index in [1.807, 2.05) is 23.5 Å². The summed E-state index contributed by atoms with van der Waals surface area (Å²) >= 11 is 1.90. The van der Waals surface area contributed by atoms with E-state index >= 15 is 0 Å². The van der Waals surface area contributed by atoms with Crippen molar-refractivity contribution in [1.82, 2.24) is 19.1 Å². The Labute approximate surface area is 332 Å². The van der Waals surface area contributed by atoms with Gasteiger partial charge in [0.15, 0.2) is 5.82 Å². The first-order valence-electron chi connectivity index (χ1n) is 19.3. The summed E-state index contributed by atoms with van der Waals surface area (Å²) in [4.78, 5) is 10.4.